The maximum absolute atomic E-state index is 13.8. The highest BCUT2D eigenvalue weighted by Gasteiger charge is 2.61. The Morgan fingerprint density at radius 1 is 0.837 bits per heavy atom. The third-order valence-electron chi connectivity index (χ3n) is 7.41. The Labute approximate surface area is 248 Å². The largest absolute Gasteiger partial charge is 0.480 e. The number of hydrogen-bond acceptors (Lipinski definition) is 7. The van der Waals surface area contributed by atoms with Crippen LogP contribution in [0.1, 0.15) is 37.3 Å². The number of aryl methyl sites for hydroxylation is 1. The van der Waals surface area contributed by atoms with Gasteiger partial charge in [0.25, 0.3) is 5.91 Å². The summed E-state index contributed by atoms with van der Waals surface area (Å²) < 4.78 is 16.3. The van der Waals surface area contributed by atoms with Gasteiger partial charge in [-0.2, -0.15) is 0 Å². The molecule has 226 valence electrons. The first-order valence-electron chi connectivity index (χ1n) is 13.7. The average Bonchev–Trinajstić information content (AvgIpc) is 3.36. The molecule has 1 heterocycles. The molecule has 43 heavy (non-hydrogen) atoms. The normalized spacial score (nSPS) is 18.7. The second kappa shape index (κ2) is 13.5. The van der Waals surface area contributed by atoms with Crippen LogP contribution < -0.4 is 4.74 Å². The minimum absolute atomic E-state index is 0.379. The number of benzene rings is 3. The van der Waals surface area contributed by atoms with E-state index in [1.807, 2.05) is 72.8 Å². The van der Waals surface area contributed by atoms with Gasteiger partial charge in [-0.05, 0) is 62.1 Å². The van der Waals surface area contributed by atoms with Crippen molar-refractivity contribution in [1.29, 1.82) is 0 Å². The quantitative estimate of drug-likeness (QED) is 0.246. The number of carbonyl (C=O) groups excluding carboxylic acids is 1. The molecule has 3 aromatic rings. The van der Waals surface area contributed by atoms with Gasteiger partial charge in [-0.15, -0.1) is 0 Å². The van der Waals surface area contributed by atoms with Crippen molar-refractivity contribution in [1.82, 2.24) is 4.90 Å². The van der Waals surface area contributed by atoms with Gasteiger partial charge in [-0.25, -0.2) is 9.59 Å². The molecular weight excluding hydrogens is 558 g/mol. The number of carboxylic acid groups (broad SMARTS) is 3. The van der Waals surface area contributed by atoms with Crippen LogP contribution in [0.15, 0.2) is 84.9 Å². The molecule has 0 radical (unpaired) electrons. The molecular formula is C32H33NO10. The number of carbonyl (C=O) groups is 4. The standard InChI is InChI=1S/C32H33NO10/c1-20(33(19-27(34)35)29(36)28-21(2)42-32(43-28,30(37)38)31(39)40)26(18-13-22-9-5-3-6-10-22)23-14-16-25(17-15-23)41-24-11-7-4-8-12-24/h3-12,14-17,20-21,26,28H,13,18-19H2,1-2H3,(H,34,35)(H,37,38)(H,39,40)/t20-,21-,26+,28-/m1/s1. The molecule has 1 fully saturated rings. The van der Waals surface area contributed by atoms with Crippen LogP contribution in [0.4, 0.5) is 0 Å². The lowest BCUT2D eigenvalue weighted by Gasteiger charge is -2.36. The van der Waals surface area contributed by atoms with E-state index in [-0.39, 0.29) is 5.92 Å². The fraction of sp³-hybridized carbons (Fsp3) is 0.312. The molecule has 0 bridgehead atoms. The number of ether oxygens (including phenoxy) is 3. The van der Waals surface area contributed by atoms with Gasteiger partial charge in [0.2, 0.25) is 0 Å². The van der Waals surface area contributed by atoms with Crippen LogP contribution in [0.2, 0.25) is 0 Å². The van der Waals surface area contributed by atoms with Crippen LogP contribution >= 0.6 is 0 Å². The van der Waals surface area contributed by atoms with E-state index in [2.05, 4.69) is 0 Å². The molecule has 11 nitrogen and oxygen atoms in total. The molecule has 0 aliphatic carbocycles. The van der Waals surface area contributed by atoms with E-state index in [0.717, 1.165) is 16.0 Å². The lowest BCUT2D eigenvalue weighted by atomic mass is 9.85. The topological polar surface area (TPSA) is 160 Å². The first kappa shape index (κ1) is 31.2. The van der Waals surface area contributed by atoms with Crippen molar-refractivity contribution in [3.63, 3.8) is 0 Å². The monoisotopic (exact) mass is 591 g/mol. The molecule has 0 spiro atoms. The predicted molar refractivity (Wildman–Crippen MR) is 153 cm³/mol. The Morgan fingerprint density at radius 2 is 1.40 bits per heavy atom. The number of amides is 1. The highest BCUT2D eigenvalue weighted by molar-refractivity contribution is 6.01. The zero-order valence-corrected chi connectivity index (χ0v) is 23.7. The summed E-state index contributed by atoms with van der Waals surface area (Å²) in [5.74, 6) is -8.27. The van der Waals surface area contributed by atoms with E-state index in [4.69, 9.17) is 14.2 Å². The molecule has 1 saturated heterocycles. The predicted octanol–water partition coefficient (Wildman–Crippen LogP) is 4.17. The first-order valence-corrected chi connectivity index (χ1v) is 13.7. The van der Waals surface area contributed by atoms with Crippen LogP contribution in [-0.4, -0.2) is 74.6 Å². The highest BCUT2D eigenvalue weighted by atomic mass is 16.8. The minimum Gasteiger partial charge on any atom is -0.480 e. The second-order valence-corrected chi connectivity index (χ2v) is 10.3. The molecule has 4 rings (SSSR count). The summed E-state index contributed by atoms with van der Waals surface area (Å²) in [6.07, 6.45) is -1.79. The van der Waals surface area contributed by atoms with Crippen molar-refractivity contribution >= 4 is 23.8 Å². The Bertz CT molecular complexity index is 1410. The van der Waals surface area contributed by atoms with Crippen LogP contribution in [0, 0.1) is 0 Å². The minimum atomic E-state index is -3.08. The van der Waals surface area contributed by atoms with Crippen LogP contribution in [0.25, 0.3) is 0 Å². The number of nitrogens with zero attached hydrogens (tertiary/aromatic N) is 1. The van der Waals surface area contributed by atoms with E-state index in [1.54, 1.807) is 19.1 Å². The van der Waals surface area contributed by atoms with Crippen LogP contribution in [-0.2, 0) is 35.1 Å². The van der Waals surface area contributed by atoms with E-state index in [9.17, 15) is 34.5 Å². The Hall–Kier alpha value is -4.74. The van der Waals surface area contributed by atoms with E-state index >= 15 is 0 Å². The van der Waals surface area contributed by atoms with Crippen LogP contribution in [0.3, 0.4) is 0 Å². The Balaban J connectivity index is 1.64. The van der Waals surface area contributed by atoms with Gasteiger partial charge in [0.15, 0.2) is 6.10 Å². The number of rotatable bonds is 13. The fourth-order valence-corrected chi connectivity index (χ4v) is 5.18. The van der Waals surface area contributed by atoms with Crippen molar-refractivity contribution < 1.29 is 48.7 Å². The number of aliphatic carboxylic acids is 3. The molecule has 0 aromatic heterocycles. The van der Waals surface area contributed by atoms with Crippen molar-refractivity contribution in [2.75, 3.05) is 6.54 Å². The van der Waals surface area contributed by atoms with Gasteiger partial charge in [0.05, 0.1) is 6.10 Å². The second-order valence-electron chi connectivity index (χ2n) is 10.3. The fourth-order valence-electron chi connectivity index (χ4n) is 5.18. The third kappa shape index (κ3) is 7.19. The molecule has 1 aliphatic heterocycles. The van der Waals surface area contributed by atoms with Crippen molar-refractivity contribution in [2.24, 2.45) is 0 Å². The molecule has 11 heteroatoms. The smallest absolute Gasteiger partial charge is 0.377 e. The van der Waals surface area contributed by atoms with E-state index < -0.39 is 54.4 Å². The SMILES string of the molecule is C[C@H]([C@H](CCc1ccccc1)c1ccc(Oc2ccccc2)cc1)N(CC(=O)O)C(=O)[C@@H]1OC(C(=O)O)(C(=O)O)O[C@@H]1C. The number of carboxylic acids is 3. The van der Waals surface area contributed by atoms with Gasteiger partial charge in [0, 0.05) is 12.0 Å². The van der Waals surface area contributed by atoms with E-state index in [0.29, 0.717) is 24.3 Å². The Morgan fingerprint density at radius 3 is 1.93 bits per heavy atom. The molecule has 1 aliphatic rings. The van der Waals surface area contributed by atoms with Gasteiger partial charge in [-0.1, -0.05) is 60.7 Å². The molecule has 3 N–H and O–H groups in total. The van der Waals surface area contributed by atoms with Gasteiger partial charge >= 0.3 is 23.7 Å². The first-order chi connectivity index (χ1) is 20.5. The summed E-state index contributed by atoms with van der Waals surface area (Å²) in [6, 6.07) is 25.5. The molecule has 1 amide bonds. The van der Waals surface area contributed by atoms with Gasteiger partial charge in [-0.3, -0.25) is 9.59 Å². The third-order valence-corrected chi connectivity index (χ3v) is 7.41. The van der Waals surface area contributed by atoms with Gasteiger partial charge in [0.1, 0.15) is 18.0 Å². The summed E-state index contributed by atoms with van der Waals surface area (Å²) in [5.41, 5.74) is 1.86. The summed E-state index contributed by atoms with van der Waals surface area (Å²) >= 11 is 0. The summed E-state index contributed by atoms with van der Waals surface area (Å²) in [5, 5.41) is 28.8. The lowest BCUT2D eigenvalue weighted by molar-refractivity contribution is -0.220. The number of para-hydroxylation sites is 1. The van der Waals surface area contributed by atoms with Gasteiger partial charge < -0.3 is 34.4 Å². The van der Waals surface area contributed by atoms with E-state index in [1.165, 1.54) is 6.92 Å². The van der Waals surface area contributed by atoms with Crippen molar-refractivity contribution in [3.8, 4) is 11.5 Å². The maximum atomic E-state index is 13.8. The lowest BCUT2D eigenvalue weighted by Crippen LogP contribution is -2.52. The summed E-state index contributed by atoms with van der Waals surface area (Å²) in [7, 11) is 0. The highest BCUT2D eigenvalue weighted by Crippen LogP contribution is 2.35. The molecule has 3 aromatic carbocycles. The number of hydrogen-bond donors (Lipinski definition) is 3. The zero-order chi connectivity index (χ0) is 31.1. The summed E-state index contributed by atoms with van der Waals surface area (Å²) in [4.78, 5) is 50.3. The zero-order valence-electron chi connectivity index (χ0n) is 23.7. The molecule has 0 saturated carbocycles. The average molecular weight is 592 g/mol. The Kier molecular flexibility index (Phi) is 9.79. The summed E-state index contributed by atoms with van der Waals surface area (Å²) in [6.45, 7) is 2.28. The van der Waals surface area contributed by atoms with Crippen molar-refractivity contribution in [3.05, 3.63) is 96.1 Å². The molecule has 0 unspecified atom stereocenters. The van der Waals surface area contributed by atoms with Crippen molar-refractivity contribution in [2.45, 2.75) is 56.6 Å². The van der Waals surface area contributed by atoms with Crippen LogP contribution in [0.5, 0.6) is 11.5 Å². The maximum Gasteiger partial charge on any atom is 0.377 e. The molecule has 4 atom stereocenters.